The first-order chi connectivity index (χ1) is 15.9. The van der Waals surface area contributed by atoms with E-state index >= 15 is 0 Å². The molecule has 0 spiro atoms. The first kappa shape index (κ1) is 22.5. The van der Waals surface area contributed by atoms with Gasteiger partial charge in [0.05, 0.1) is 18.4 Å². The minimum atomic E-state index is -0.387. The van der Waals surface area contributed by atoms with E-state index in [1.54, 1.807) is 12.1 Å². The number of carbonyl (C=O) groups is 2. The van der Waals surface area contributed by atoms with Crippen molar-refractivity contribution in [3.63, 3.8) is 0 Å². The van der Waals surface area contributed by atoms with Gasteiger partial charge in [0.15, 0.2) is 5.78 Å². The number of rotatable bonds is 7. The molecule has 8 heteroatoms. The van der Waals surface area contributed by atoms with Crippen molar-refractivity contribution < 1.29 is 18.7 Å². The molecule has 0 unspecified atom stereocenters. The zero-order valence-electron chi connectivity index (χ0n) is 18.8. The number of hydrogen-bond donors (Lipinski definition) is 0. The Hall–Kier alpha value is -3.65. The topological polar surface area (TPSA) is 87.2 Å². The summed E-state index contributed by atoms with van der Waals surface area (Å²) in [6.07, 6.45) is 0. The third-order valence-corrected chi connectivity index (χ3v) is 6.21. The molecule has 0 bridgehead atoms. The lowest BCUT2D eigenvalue weighted by molar-refractivity contribution is 0.0600. The molecule has 2 heterocycles. The minimum Gasteiger partial charge on any atom is -0.465 e. The van der Waals surface area contributed by atoms with Crippen molar-refractivity contribution in [3.05, 3.63) is 82.7 Å². The van der Waals surface area contributed by atoms with Gasteiger partial charge in [-0.2, -0.15) is 0 Å². The number of ketones is 1. The number of carbonyl (C=O) groups excluding carboxylic acids is 2. The molecular weight excluding hydrogens is 438 g/mol. The zero-order chi connectivity index (χ0) is 23.5. The molecule has 0 aliphatic carbocycles. The van der Waals surface area contributed by atoms with Crippen molar-refractivity contribution in [2.24, 2.45) is 0 Å². The second-order valence-corrected chi connectivity index (χ2v) is 8.49. The van der Waals surface area contributed by atoms with Crippen LogP contribution in [-0.2, 0) is 4.74 Å². The number of aromatic nitrogens is 3. The SMILES string of the molecule is COC(=O)c1ccc(-n2c(C)cc(C(=O)CSc3nnc(-c4ccccc4C)o3)c2C)cc1. The summed E-state index contributed by atoms with van der Waals surface area (Å²) in [6, 6.07) is 16.7. The van der Waals surface area contributed by atoms with Crippen molar-refractivity contribution >= 4 is 23.5 Å². The van der Waals surface area contributed by atoms with Crippen LogP contribution in [-0.4, -0.2) is 39.4 Å². The van der Waals surface area contributed by atoms with Gasteiger partial charge in [-0.15, -0.1) is 10.2 Å². The molecule has 7 nitrogen and oxygen atoms in total. The van der Waals surface area contributed by atoms with Crippen LogP contribution >= 0.6 is 11.8 Å². The van der Waals surface area contributed by atoms with Crippen molar-refractivity contribution in [3.8, 4) is 17.1 Å². The van der Waals surface area contributed by atoms with E-state index in [9.17, 15) is 9.59 Å². The number of thioether (sulfide) groups is 1. The maximum atomic E-state index is 13.0. The van der Waals surface area contributed by atoms with Crippen LogP contribution in [0.3, 0.4) is 0 Å². The predicted molar refractivity (Wildman–Crippen MR) is 126 cm³/mol. The van der Waals surface area contributed by atoms with Crippen LogP contribution in [0.4, 0.5) is 0 Å². The van der Waals surface area contributed by atoms with Gasteiger partial charge in [0.1, 0.15) is 0 Å². The van der Waals surface area contributed by atoms with Gasteiger partial charge >= 0.3 is 5.97 Å². The highest BCUT2D eigenvalue weighted by Crippen LogP contribution is 2.27. The number of aryl methyl sites for hydroxylation is 2. The molecule has 0 N–H and O–H groups in total. The lowest BCUT2D eigenvalue weighted by Gasteiger charge is -2.10. The lowest BCUT2D eigenvalue weighted by Crippen LogP contribution is -2.06. The highest BCUT2D eigenvalue weighted by molar-refractivity contribution is 7.99. The largest absolute Gasteiger partial charge is 0.465 e. The molecule has 0 saturated carbocycles. The Labute approximate surface area is 195 Å². The third kappa shape index (κ3) is 4.61. The molecule has 2 aromatic carbocycles. The van der Waals surface area contributed by atoms with Gasteiger partial charge in [-0.05, 0) is 62.7 Å². The van der Waals surface area contributed by atoms with E-state index in [0.29, 0.717) is 22.2 Å². The van der Waals surface area contributed by atoms with Crippen LogP contribution in [0.25, 0.3) is 17.1 Å². The standard InChI is InChI=1S/C25H23N3O4S/c1-15-7-5-6-8-20(15)23-26-27-25(32-23)33-14-22(29)21-13-16(2)28(17(21)3)19-11-9-18(10-12-19)24(30)31-4/h5-13H,14H2,1-4H3. The number of nitrogens with zero attached hydrogens (tertiary/aromatic N) is 3. The number of ether oxygens (including phenoxy) is 1. The number of Topliss-reactive ketones (excluding diaryl/α,β-unsaturated/α-hetero) is 1. The average Bonchev–Trinajstić information content (AvgIpc) is 3.41. The van der Waals surface area contributed by atoms with Crippen LogP contribution in [0.5, 0.6) is 0 Å². The van der Waals surface area contributed by atoms with Crippen molar-refractivity contribution in [1.29, 1.82) is 0 Å². The fourth-order valence-electron chi connectivity index (χ4n) is 3.70. The molecule has 33 heavy (non-hydrogen) atoms. The summed E-state index contributed by atoms with van der Waals surface area (Å²) in [5.74, 6) is 0.209. The maximum Gasteiger partial charge on any atom is 0.337 e. The molecule has 0 aliphatic heterocycles. The van der Waals surface area contributed by atoms with Crippen LogP contribution in [0, 0.1) is 20.8 Å². The average molecular weight is 462 g/mol. The molecule has 0 amide bonds. The summed E-state index contributed by atoms with van der Waals surface area (Å²) in [4.78, 5) is 24.6. The Morgan fingerprint density at radius 2 is 1.76 bits per heavy atom. The van der Waals surface area contributed by atoms with E-state index in [1.807, 2.05) is 67.8 Å². The summed E-state index contributed by atoms with van der Waals surface area (Å²) in [5.41, 5.74) is 5.65. The normalized spacial score (nSPS) is 10.9. The molecular formula is C25H23N3O4S. The van der Waals surface area contributed by atoms with Gasteiger partial charge in [-0.1, -0.05) is 30.0 Å². The molecule has 168 valence electrons. The monoisotopic (exact) mass is 461 g/mol. The molecule has 0 atom stereocenters. The summed E-state index contributed by atoms with van der Waals surface area (Å²) >= 11 is 1.22. The zero-order valence-corrected chi connectivity index (χ0v) is 19.6. The van der Waals surface area contributed by atoms with Gasteiger partial charge in [-0.25, -0.2) is 4.79 Å². The third-order valence-electron chi connectivity index (χ3n) is 5.39. The second-order valence-electron chi connectivity index (χ2n) is 7.56. The highest BCUT2D eigenvalue weighted by atomic mass is 32.2. The summed E-state index contributed by atoms with van der Waals surface area (Å²) in [5, 5.41) is 8.54. The van der Waals surface area contributed by atoms with Gasteiger partial charge in [-0.3, -0.25) is 4.79 Å². The number of esters is 1. The summed E-state index contributed by atoms with van der Waals surface area (Å²) < 4.78 is 12.5. The van der Waals surface area contributed by atoms with Crippen LogP contribution in [0.1, 0.15) is 37.7 Å². The minimum absolute atomic E-state index is 0.0267. The van der Waals surface area contributed by atoms with E-state index in [0.717, 1.165) is 28.2 Å². The summed E-state index contributed by atoms with van der Waals surface area (Å²) in [7, 11) is 1.35. The smallest absolute Gasteiger partial charge is 0.337 e. The molecule has 0 fully saturated rings. The quantitative estimate of drug-likeness (QED) is 0.212. The Morgan fingerprint density at radius 3 is 2.45 bits per heavy atom. The van der Waals surface area contributed by atoms with Gasteiger partial charge in [0.2, 0.25) is 5.89 Å². The maximum absolute atomic E-state index is 13.0. The van der Waals surface area contributed by atoms with Crippen LogP contribution in [0.2, 0.25) is 0 Å². The first-order valence-corrected chi connectivity index (χ1v) is 11.3. The van der Waals surface area contributed by atoms with E-state index in [2.05, 4.69) is 10.2 Å². The fourth-order valence-corrected chi connectivity index (χ4v) is 4.35. The van der Waals surface area contributed by atoms with Crippen LogP contribution in [0.15, 0.2) is 64.2 Å². The molecule has 4 rings (SSSR count). The van der Waals surface area contributed by atoms with E-state index in [1.165, 1.54) is 18.9 Å². The number of hydrogen-bond acceptors (Lipinski definition) is 7. The number of methoxy groups -OCH3 is 1. The highest BCUT2D eigenvalue weighted by Gasteiger charge is 2.19. The molecule has 0 aliphatic rings. The number of benzene rings is 2. The van der Waals surface area contributed by atoms with Crippen molar-refractivity contribution in [2.45, 2.75) is 26.0 Å². The van der Waals surface area contributed by atoms with Gasteiger partial charge < -0.3 is 13.7 Å². The van der Waals surface area contributed by atoms with E-state index < -0.39 is 0 Å². The van der Waals surface area contributed by atoms with Crippen molar-refractivity contribution in [2.75, 3.05) is 12.9 Å². The van der Waals surface area contributed by atoms with Gasteiger partial charge in [0, 0.05) is 28.2 Å². The first-order valence-electron chi connectivity index (χ1n) is 10.3. The van der Waals surface area contributed by atoms with Crippen LogP contribution < -0.4 is 0 Å². The molecule has 2 aromatic heterocycles. The van der Waals surface area contributed by atoms with Gasteiger partial charge in [0.25, 0.3) is 5.22 Å². The van der Waals surface area contributed by atoms with Crippen molar-refractivity contribution in [1.82, 2.24) is 14.8 Å². The Bertz CT molecular complexity index is 1320. The molecule has 0 saturated heterocycles. The Morgan fingerprint density at radius 1 is 1.03 bits per heavy atom. The Balaban J connectivity index is 1.49. The second kappa shape index (κ2) is 9.46. The molecule has 4 aromatic rings. The fraction of sp³-hybridized carbons (Fsp3) is 0.200. The Kier molecular flexibility index (Phi) is 6.46. The predicted octanol–water partition coefficient (Wildman–Crippen LogP) is 5.21. The van der Waals surface area contributed by atoms with E-state index in [4.69, 9.17) is 9.15 Å². The summed E-state index contributed by atoms with van der Waals surface area (Å²) in [6.45, 7) is 5.83. The van der Waals surface area contributed by atoms with E-state index in [-0.39, 0.29) is 17.5 Å². The lowest BCUT2D eigenvalue weighted by atomic mass is 10.1. The molecule has 0 radical (unpaired) electrons.